The number of fused-ring (bicyclic) bond motifs is 1. The number of hydrogen-bond acceptors (Lipinski definition) is 16. The van der Waals surface area contributed by atoms with E-state index in [0.717, 1.165) is 19.3 Å². The maximum Gasteiger partial charge on any atom is 0.410 e. The average molecular weight is 930 g/mol. The summed E-state index contributed by atoms with van der Waals surface area (Å²) in [6, 6.07) is 6.68. The van der Waals surface area contributed by atoms with E-state index in [0.29, 0.717) is 84.8 Å². The van der Waals surface area contributed by atoms with Gasteiger partial charge in [-0.15, -0.1) is 0 Å². The summed E-state index contributed by atoms with van der Waals surface area (Å²) >= 11 is 5.75. The number of nitrogens with one attached hydrogen (secondary N) is 2. The summed E-state index contributed by atoms with van der Waals surface area (Å²) in [4.78, 5) is 69.6. The first-order valence-electron chi connectivity index (χ1n) is 21.4. The largest absolute Gasteiger partial charge is 0.444 e. The number of ether oxygens (including phenoxy) is 2. The van der Waals surface area contributed by atoms with E-state index in [-0.39, 0.29) is 47.3 Å². The Kier molecular flexibility index (Phi) is 15.4. The number of likely N-dealkylation sites (tertiary alicyclic amines) is 3. The molecule has 0 radical (unpaired) electrons. The molecule has 5 aromatic rings. The van der Waals surface area contributed by atoms with Gasteiger partial charge in [0, 0.05) is 51.4 Å². The number of nitrogens with two attached hydrogens (primary N) is 2. The highest BCUT2D eigenvalue weighted by molar-refractivity contribution is 6.28. The van der Waals surface area contributed by atoms with Crippen LogP contribution in [0.5, 0.6) is 0 Å². The first-order valence-corrected chi connectivity index (χ1v) is 21.8. The second-order valence-corrected chi connectivity index (χ2v) is 18.2. The minimum Gasteiger partial charge on any atom is -0.444 e. The fraction of sp³-hybridized carbons (Fsp3) is 0.455. The number of imidazole rings is 1. The summed E-state index contributed by atoms with van der Waals surface area (Å²) in [6.45, 7) is 18.2. The molecular formula is C44H57ClFN15O5. The highest BCUT2D eigenvalue weighted by Crippen LogP contribution is 2.33. The number of carbonyl (C=O) groups is 3. The average Bonchev–Trinajstić information content (AvgIpc) is 4.09. The van der Waals surface area contributed by atoms with E-state index in [1.54, 1.807) is 45.3 Å². The lowest BCUT2D eigenvalue weighted by Gasteiger charge is -2.24. The molecule has 3 amide bonds. The molecular weight excluding hydrogens is 873 g/mol. The van der Waals surface area contributed by atoms with Crippen molar-refractivity contribution in [2.24, 2.45) is 0 Å². The van der Waals surface area contributed by atoms with Gasteiger partial charge in [-0.1, -0.05) is 18.7 Å². The molecule has 3 atom stereocenters. The van der Waals surface area contributed by atoms with E-state index in [1.807, 2.05) is 46.1 Å². The first-order chi connectivity index (χ1) is 31.3. The lowest BCUT2D eigenvalue weighted by Crippen LogP contribution is -2.36. The van der Waals surface area contributed by atoms with Gasteiger partial charge in [-0.3, -0.25) is 4.79 Å². The van der Waals surface area contributed by atoms with Crippen LogP contribution in [0.1, 0.15) is 66.8 Å². The number of aromatic nitrogens is 8. The van der Waals surface area contributed by atoms with Gasteiger partial charge in [0.1, 0.15) is 41.0 Å². The zero-order valence-electron chi connectivity index (χ0n) is 37.9. The van der Waals surface area contributed by atoms with Crippen molar-refractivity contribution in [1.29, 1.82) is 0 Å². The summed E-state index contributed by atoms with van der Waals surface area (Å²) in [5.74, 6) is 1.16. The lowest BCUT2D eigenvalue weighted by atomic mass is 10.1. The Morgan fingerprint density at radius 1 is 0.773 bits per heavy atom. The van der Waals surface area contributed by atoms with Gasteiger partial charge >= 0.3 is 12.2 Å². The maximum absolute atomic E-state index is 14.4. The zero-order valence-corrected chi connectivity index (χ0v) is 38.7. The van der Waals surface area contributed by atoms with E-state index in [9.17, 15) is 18.8 Å². The van der Waals surface area contributed by atoms with Gasteiger partial charge in [0.05, 0.1) is 41.6 Å². The molecule has 7 heterocycles. The normalized spacial score (nSPS) is 18.2. The zero-order chi connectivity index (χ0) is 47.8. The van der Waals surface area contributed by atoms with Gasteiger partial charge in [0.15, 0.2) is 17.3 Å². The molecule has 0 bridgehead atoms. The highest BCUT2D eigenvalue weighted by Gasteiger charge is 2.33. The quantitative estimate of drug-likeness (QED) is 0.105. The third-order valence-electron chi connectivity index (χ3n) is 10.4. The van der Waals surface area contributed by atoms with Gasteiger partial charge in [-0.2, -0.15) is 4.98 Å². The molecule has 3 unspecified atom stereocenters. The van der Waals surface area contributed by atoms with Crippen molar-refractivity contribution in [3.8, 4) is 11.4 Å². The van der Waals surface area contributed by atoms with Crippen molar-refractivity contribution in [3.05, 3.63) is 79.3 Å². The van der Waals surface area contributed by atoms with Crippen molar-refractivity contribution >= 4 is 63.9 Å². The Hall–Kier alpha value is -6.90. The Labute approximate surface area is 387 Å². The summed E-state index contributed by atoms with van der Waals surface area (Å²) in [5, 5.41) is 6.55. The number of hydrogen-bond donors (Lipinski definition) is 4. The SMILES string of the molecule is C=CC(=O)N1CCC(n2c(-c3ccccc3F)nc3cncnc32)C1.CC(C)(C)OC(=O)N1CCC(Nc2nc(Cl)ncc2N)C1.CC(C)(C)OC(=O)N1CCC(Nc2ncncc2N)C1. The second-order valence-electron chi connectivity index (χ2n) is 17.8. The van der Waals surface area contributed by atoms with Crippen LogP contribution in [0, 0.1) is 5.82 Å². The molecule has 3 aliphatic rings. The number of carbonyl (C=O) groups excluding carboxylic acids is 3. The topological polar surface area (TPSA) is 251 Å². The van der Waals surface area contributed by atoms with Gasteiger partial charge in [-0.25, -0.2) is 43.9 Å². The monoisotopic (exact) mass is 929 g/mol. The Bertz CT molecular complexity index is 2510. The molecule has 6 N–H and O–H groups in total. The summed E-state index contributed by atoms with van der Waals surface area (Å²) < 4.78 is 27.0. The molecule has 22 heteroatoms. The summed E-state index contributed by atoms with van der Waals surface area (Å²) in [6.07, 6.45) is 10.6. The molecule has 1 aromatic carbocycles. The van der Waals surface area contributed by atoms with Crippen LogP contribution in [-0.2, 0) is 14.3 Å². The van der Waals surface area contributed by atoms with Gasteiger partial charge in [0.25, 0.3) is 0 Å². The number of rotatable bonds is 7. The van der Waals surface area contributed by atoms with Crippen LogP contribution in [0.25, 0.3) is 22.6 Å². The molecule has 3 saturated heterocycles. The van der Waals surface area contributed by atoms with Crippen molar-refractivity contribution in [1.82, 2.24) is 54.2 Å². The van der Waals surface area contributed by atoms with Crippen LogP contribution in [0.3, 0.4) is 0 Å². The van der Waals surface area contributed by atoms with Crippen molar-refractivity contribution in [2.45, 2.75) is 90.1 Å². The van der Waals surface area contributed by atoms with E-state index in [2.05, 4.69) is 52.1 Å². The molecule has 0 saturated carbocycles. The Morgan fingerprint density at radius 2 is 1.35 bits per heavy atom. The molecule has 3 aliphatic heterocycles. The molecule has 66 heavy (non-hydrogen) atoms. The highest BCUT2D eigenvalue weighted by atomic mass is 35.5. The lowest BCUT2D eigenvalue weighted by molar-refractivity contribution is -0.125. The van der Waals surface area contributed by atoms with Crippen LogP contribution < -0.4 is 22.1 Å². The molecule has 0 aliphatic carbocycles. The number of anilines is 4. The van der Waals surface area contributed by atoms with Crippen molar-refractivity contribution < 1.29 is 28.2 Å². The second kappa shape index (κ2) is 20.9. The van der Waals surface area contributed by atoms with Gasteiger partial charge < -0.3 is 50.8 Å². The number of nitrogen functional groups attached to an aromatic ring is 2. The number of nitrogens with zero attached hydrogens (tertiary/aromatic N) is 11. The van der Waals surface area contributed by atoms with Gasteiger partial charge in [0.2, 0.25) is 11.2 Å². The molecule has 20 nitrogen and oxygen atoms in total. The van der Waals surface area contributed by atoms with Crippen LogP contribution in [-0.4, -0.2) is 135 Å². The maximum atomic E-state index is 14.4. The minimum atomic E-state index is -0.493. The third kappa shape index (κ3) is 12.9. The number of amides is 3. The van der Waals surface area contributed by atoms with E-state index >= 15 is 0 Å². The first kappa shape index (κ1) is 48.6. The molecule has 0 spiro atoms. The molecule has 352 valence electrons. The number of halogens is 2. The van der Waals surface area contributed by atoms with Crippen LogP contribution in [0.15, 0.2) is 68.2 Å². The Balaban J connectivity index is 0.000000165. The minimum absolute atomic E-state index is 0.0293. The Morgan fingerprint density at radius 3 is 1.95 bits per heavy atom. The van der Waals surface area contributed by atoms with Gasteiger partial charge in [-0.05, 0) is 90.6 Å². The third-order valence-corrected chi connectivity index (χ3v) is 10.6. The van der Waals surface area contributed by atoms with Crippen molar-refractivity contribution in [2.75, 3.05) is 61.4 Å². The van der Waals surface area contributed by atoms with Crippen LogP contribution in [0.2, 0.25) is 5.28 Å². The van der Waals surface area contributed by atoms with Crippen LogP contribution >= 0.6 is 11.6 Å². The fourth-order valence-electron chi connectivity index (χ4n) is 7.38. The van der Waals surface area contributed by atoms with E-state index in [1.165, 1.54) is 31.0 Å². The van der Waals surface area contributed by atoms with Crippen molar-refractivity contribution in [3.63, 3.8) is 0 Å². The standard InChI is InChI=1S/C18H16FN5O.C13H20ClN5O2.C13H21N5O2/c1-2-16(25)23-8-7-12(10-23)24-17(13-5-3-4-6-14(13)19)22-15-9-20-11-21-18(15)24;1-13(2,3)21-12(20)19-5-4-8(7-19)17-10-9(15)6-16-11(14)18-10;1-13(2,3)20-12(19)18-5-4-9(7-18)17-11-10(14)6-15-8-16-11/h2-6,9,11-12H,1,7-8,10H2;6,8H,4-5,7,15H2,1-3H3,(H,16,17,18);6,8-9H,4-5,7,14H2,1-3H3,(H,15,16,17). The smallest absolute Gasteiger partial charge is 0.410 e. The fourth-order valence-corrected chi connectivity index (χ4v) is 7.52. The molecule has 8 rings (SSSR count). The van der Waals surface area contributed by atoms with E-state index < -0.39 is 11.2 Å². The number of benzene rings is 1. The predicted molar refractivity (Wildman–Crippen MR) is 249 cm³/mol. The summed E-state index contributed by atoms with van der Waals surface area (Å²) in [5.41, 5.74) is 13.2. The predicted octanol–water partition coefficient (Wildman–Crippen LogP) is 6.21. The summed E-state index contributed by atoms with van der Waals surface area (Å²) in [7, 11) is 0. The van der Waals surface area contributed by atoms with Crippen LogP contribution in [0.4, 0.5) is 37.0 Å². The van der Waals surface area contributed by atoms with E-state index in [4.69, 9.17) is 32.5 Å². The molecule has 4 aromatic heterocycles. The molecule has 3 fully saturated rings.